The number of hydrogen-bond donors (Lipinski definition) is 1. The number of anilines is 1. The average Bonchev–Trinajstić information content (AvgIpc) is 3.19. The highest BCUT2D eigenvalue weighted by atomic mass is 35.5. The van der Waals surface area contributed by atoms with Crippen molar-refractivity contribution in [1.82, 2.24) is 3.85 Å². The fourth-order valence-corrected chi connectivity index (χ4v) is 13.4. The number of hydrogen-bond acceptors (Lipinski definition) is 7. The number of aryl methyl sites for hydroxylation is 1. The van der Waals surface area contributed by atoms with Gasteiger partial charge in [-0.2, -0.15) is 3.85 Å². The smallest absolute Gasteiger partial charge is 0.338 e. The Morgan fingerprint density at radius 3 is 2.55 bits per heavy atom. The molecule has 8 nitrogen and oxygen atoms in total. The number of ether oxygens (including phenoxy) is 2. The Bertz CT molecular complexity index is 1710. The molecule has 3 aliphatic rings. The number of sulfonamides is 1. The van der Waals surface area contributed by atoms with Crippen molar-refractivity contribution in [3.8, 4) is 5.75 Å². The molecule has 1 N–H and O–H groups in total. The Balaban J connectivity index is 1.40. The Morgan fingerprint density at radius 2 is 1.90 bits per heavy atom. The molecule has 12 heteroatoms. The number of benzene rings is 2. The molecule has 0 saturated heterocycles. The number of aliphatic hydroxyl groups excluding tert-OH is 1. The molecule has 0 radical (unpaired) electrons. The van der Waals surface area contributed by atoms with E-state index in [0.717, 1.165) is 60.7 Å². The minimum Gasteiger partial charge on any atom is -0.490 e. The number of carbonyl (C=O) groups is 1. The third kappa shape index (κ3) is 9.15. The number of carbonyl (C=O) groups excluding carboxylic acids is 1. The van der Waals surface area contributed by atoms with Gasteiger partial charge in [0.15, 0.2) is 0 Å². The molecule has 8 atom stereocenters. The molecule has 282 valence electrons. The molecule has 5 rings (SSSR count). The van der Waals surface area contributed by atoms with Crippen LogP contribution in [0, 0.1) is 17.8 Å². The Kier molecular flexibility index (Phi) is 13.0. The van der Waals surface area contributed by atoms with E-state index >= 15 is 0 Å². The van der Waals surface area contributed by atoms with E-state index in [-0.39, 0.29) is 46.6 Å². The number of rotatable bonds is 12. The van der Waals surface area contributed by atoms with Crippen LogP contribution >= 0.6 is 29.1 Å². The Morgan fingerprint density at radius 1 is 1.18 bits per heavy atom. The van der Waals surface area contributed by atoms with Crippen molar-refractivity contribution in [3.63, 3.8) is 0 Å². The summed E-state index contributed by atoms with van der Waals surface area (Å²) in [5.74, 6) is 0.683. The molecule has 1 aliphatic heterocycles. The summed E-state index contributed by atoms with van der Waals surface area (Å²) in [4.78, 5) is 15.6. The monoisotopic (exact) mass is 778 g/mol. The summed E-state index contributed by atoms with van der Waals surface area (Å²) in [7, 11) is -2.91. The third-order valence-electron chi connectivity index (χ3n) is 10.9. The molecule has 0 amide bonds. The number of nitrogens with zero attached hydrogens (tertiary/aromatic N) is 2. The van der Waals surface area contributed by atoms with Gasteiger partial charge in [0.25, 0.3) is 0 Å². The molecule has 1 heterocycles. The van der Waals surface area contributed by atoms with Gasteiger partial charge in [0.2, 0.25) is 10.0 Å². The molecular weight excluding hydrogens is 722 g/mol. The van der Waals surface area contributed by atoms with Gasteiger partial charge in [0.1, 0.15) is 11.4 Å². The first-order valence-corrected chi connectivity index (χ1v) is 23.0. The Labute approximate surface area is 314 Å². The number of esters is 1. The zero-order chi connectivity index (χ0) is 37.3. The second-order valence-electron chi connectivity index (χ2n) is 15.9. The number of aliphatic hydroxyl groups is 1. The van der Waals surface area contributed by atoms with Gasteiger partial charge in [-0.25, -0.2) is 13.2 Å². The normalized spacial score (nSPS) is 24.6. The van der Waals surface area contributed by atoms with Crippen LogP contribution in [0.5, 0.6) is 5.75 Å². The minimum absolute atomic E-state index is 0.00539. The van der Waals surface area contributed by atoms with E-state index in [1.54, 1.807) is 16.8 Å². The van der Waals surface area contributed by atoms with Crippen LogP contribution in [0.15, 0.2) is 48.0 Å². The quantitative estimate of drug-likeness (QED) is 0.131. The van der Waals surface area contributed by atoms with Crippen molar-refractivity contribution < 1.29 is 27.8 Å². The molecule has 4 unspecified atom stereocenters. The van der Waals surface area contributed by atoms with Crippen LogP contribution < -0.4 is 9.64 Å². The van der Waals surface area contributed by atoms with Crippen molar-refractivity contribution in [1.29, 1.82) is 0 Å². The second kappa shape index (κ2) is 16.3. The van der Waals surface area contributed by atoms with Crippen molar-refractivity contribution in [2.24, 2.45) is 17.8 Å². The van der Waals surface area contributed by atoms with Crippen molar-refractivity contribution >= 4 is 50.7 Å². The van der Waals surface area contributed by atoms with Gasteiger partial charge in [-0.05, 0) is 169 Å². The zero-order valence-electron chi connectivity index (χ0n) is 31.5. The zero-order valence-corrected chi connectivity index (χ0v) is 35.0. The predicted octanol–water partition coefficient (Wildman–Crippen LogP) is 8.59. The van der Waals surface area contributed by atoms with E-state index < -0.39 is 27.0 Å². The molecule has 1 fully saturated rings. The van der Waals surface area contributed by atoms with Crippen LogP contribution in [0.1, 0.15) is 95.1 Å². The van der Waals surface area contributed by atoms with E-state index in [1.165, 1.54) is 11.1 Å². The van der Waals surface area contributed by atoms with E-state index in [1.807, 2.05) is 66.1 Å². The first kappa shape index (κ1) is 40.5. The lowest BCUT2D eigenvalue weighted by atomic mass is 9.67. The molecular formula is C39H57ClN2O6P2S. The van der Waals surface area contributed by atoms with E-state index in [9.17, 15) is 18.3 Å². The molecule has 1 saturated carbocycles. The van der Waals surface area contributed by atoms with Crippen LogP contribution in [-0.2, 0) is 26.6 Å². The largest absolute Gasteiger partial charge is 0.490 e. The molecule has 0 aromatic heterocycles. The van der Waals surface area contributed by atoms with Gasteiger partial charge in [-0.15, -0.1) is 0 Å². The second-order valence-corrected chi connectivity index (χ2v) is 21.4. The SMILES string of the molecule is CPN(PC)S(=O)(=O)C(C)CC(C)/C=C(\C)[C@H](O)[C@@H]1CC[C@H]1CN1C[C@@]2(CCCc3cc(Cl)ccc32)COc2ccc(C(=O)OC(C)(C)C)cc21. The maximum absolute atomic E-state index is 13.2. The van der Waals surface area contributed by atoms with Crippen LogP contribution in [0.2, 0.25) is 5.02 Å². The topological polar surface area (TPSA) is 96.4 Å². The predicted molar refractivity (Wildman–Crippen MR) is 214 cm³/mol. The summed E-state index contributed by atoms with van der Waals surface area (Å²) in [6, 6.07) is 11.8. The third-order valence-corrected chi connectivity index (χ3v) is 17.6. The van der Waals surface area contributed by atoms with Crippen LogP contribution in [0.3, 0.4) is 0 Å². The van der Waals surface area contributed by atoms with Crippen molar-refractivity contribution in [3.05, 3.63) is 69.8 Å². The van der Waals surface area contributed by atoms with Gasteiger partial charge in [-0.3, -0.25) is 0 Å². The highest BCUT2D eigenvalue weighted by molar-refractivity contribution is 7.97. The number of fused-ring (bicyclic) bond motifs is 3. The van der Waals surface area contributed by atoms with E-state index in [0.29, 0.717) is 25.1 Å². The first-order valence-electron chi connectivity index (χ1n) is 18.3. The van der Waals surface area contributed by atoms with E-state index in [2.05, 4.69) is 23.1 Å². The summed E-state index contributed by atoms with van der Waals surface area (Å²) in [6.07, 6.45) is 6.86. The summed E-state index contributed by atoms with van der Waals surface area (Å²) >= 11 is 6.46. The van der Waals surface area contributed by atoms with Crippen LogP contribution in [0.25, 0.3) is 0 Å². The highest BCUT2D eigenvalue weighted by Crippen LogP contribution is 2.47. The van der Waals surface area contributed by atoms with Crippen molar-refractivity contribution in [2.45, 2.75) is 102 Å². The summed E-state index contributed by atoms with van der Waals surface area (Å²) in [6.45, 7) is 17.2. The lowest BCUT2D eigenvalue weighted by molar-refractivity contribution is 0.00694. The van der Waals surface area contributed by atoms with Gasteiger partial charge in [0, 0.05) is 23.5 Å². The highest BCUT2D eigenvalue weighted by Gasteiger charge is 2.44. The molecule has 1 spiro atoms. The van der Waals surface area contributed by atoms with Crippen LogP contribution in [-0.4, -0.2) is 73.3 Å². The standard InChI is InChI=1S/C39H57ClN2O6P2S/c1-25(19-27(3)51(45,46)42(49-7)50-8)18-26(2)36(43)32-14-11-30(32)22-41-23-39(17-9-10-28-20-31(40)13-15-33(28)39)24-47-35-16-12-29(21-34(35)41)37(44)48-38(4,5)6/h12-13,15-16,18,20-21,25,27,30,32,36,43,49-50H,9-11,14,17,19,22-24H2,1-8H3/b26-18+/t25?,27?,30-,32+,36-,39-/m0/s1. The Hall–Kier alpha value is -1.73. The van der Waals surface area contributed by atoms with Gasteiger partial charge in [0.05, 0.1) is 29.2 Å². The van der Waals surface area contributed by atoms with E-state index in [4.69, 9.17) is 21.1 Å². The fourth-order valence-electron chi connectivity index (χ4n) is 8.24. The van der Waals surface area contributed by atoms with Gasteiger partial charge in [-0.1, -0.05) is 30.7 Å². The van der Waals surface area contributed by atoms with Crippen molar-refractivity contribution in [2.75, 3.05) is 37.9 Å². The van der Waals surface area contributed by atoms with Gasteiger partial charge >= 0.3 is 5.97 Å². The first-order chi connectivity index (χ1) is 24.0. The molecule has 2 aliphatic carbocycles. The van der Waals surface area contributed by atoms with Crippen LogP contribution in [0.4, 0.5) is 5.69 Å². The van der Waals surface area contributed by atoms with Gasteiger partial charge < -0.3 is 19.5 Å². The lowest BCUT2D eigenvalue weighted by Gasteiger charge is -2.46. The maximum atomic E-state index is 13.2. The lowest BCUT2D eigenvalue weighted by Crippen LogP contribution is -2.49. The summed E-state index contributed by atoms with van der Waals surface area (Å²) in [5.41, 5.74) is 3.93. The number of halogens is 1. The molecule has 2 aromatic rings. The summed E-state index contributed by atoms with van der Waals surface area (Å²) in [5, 5.41) is 12.0. The molecule has 51 heavy (non-hydrogen) atoms. The minimum atomic E-state index is -3.35. The average molecular weight is 779 g/mol. The molecule has 2 aromatic carbocycles. The molecule has 0 bridgehead atoms. The number of allylic oxidation sites excluding steroid dienone is 1. The maximum Gasteiger partial charge on any atom is 0.338 e. The fraction of sp³-hybridized carbons (Fsp3) is 0.615. The summed E-state index contributed by atoms with van der Waals surface area (Å²) < 4.78 is 40.2.